The molecule has 23 heavy (non-hydrogen) atoms. The summed E-state index contributed by atoms with van der Waals surface area (Å²) >= 11 is 0. The van der Waals surface area contributed by atoms with Crippen LogP contribution in [0.15, 0.2) is 36.7 Å². The summed E-state index contributed by atoms with van der Waals surface area (Å²) in [7, 11) is 3.74. The molecule has 0 bridgehead atoms. The predicted molar refractivity (Wildman–Crippen MR) is 91.3 cm³/mol. The average molecular weight is 312 g/mol. The van der Waals surface area contributed by atoms with Crippen molar-refractivity contribution in [3.05, 3.63) is 47.8 Å². The van der Waals surface area contributed by atoms with Crippen LogP contribution < -0.4 is 4.90 Å². The van der Waals surface area contributed by atoms with Gasteiger partial charge in [-0.3, -0.25) is 9.48 Å². The first-order chi connectivity index (χ1) is 10.9. The molecule has 0 unspecified atom stereocenters. The summed E-state index contributed by atoms with van der Waals surface area (Å²) in [6.07, 6.45) is 4.72. The van der Waals surface area contributed by atoms with E-state index in [0.717, 1.165) is 12.0 Å². The van der Waals surface area contributed by atoms with Crippen LogP contribution in [0.3, 0.4) is 0 Å². The highest BCUT2D eigenvalue weighted by Gasteiger charge is 2.36. The molecule has 122 valence electrons. The van der Waals surface area contributed by atoms with E-state index >= 15 is 0 Å². The Morgan fingerprint density at radius 2 is 2.09 bits per heavy atom. The van der Waals surface area contributed by atoms with Gasteiger partial charge in [0.1, 0.15) is 0 Å². The number of hydrogen-bond donors (Lipinski definition) is 0. The van der Waals surface area contributed by atoms with Gasteiger partial charge in [-0.05, 0) is 31.9 Å². The van der Waals surface area contributed by atoms with Crippen molar-refractivity contribution in [1.82, 2.24) is 14.7 Å². The maximum absolute atomic E-state index is 12.7. The van der Waals surface area contributed by atoms with Crippen molar-refractivity contribution in [2.24, 2.45) is 7.05 Å². The van der Waals surface area contributed by atoms with Gasteiger partial charge < -0.3 is 9.80 Å². The minimum Gasteiger partial charge on any atom is -0.357 e. The Bertz CT molecular complexity index is 719. The molecular formula is C18H24N4O. The molecule has 3 rings (SSSR count). The monoisotopic (exact) mass is 312 g/mol. The third-order valence-electron chi connectivity index (χ3n) is 4.53. The van der Waals surface area contributed by atoms with Crippen molar-refractivity contribution >= 4 is 11.6 Å². The zero-order valence-electron chi connectivity index (χ0n) is 14.3. The zero-order valence-corrected chi connectivity index (χ0v) is 14.3. The minimum atomic E-state index is -0.0332. The Labute approximate surface area is 137 Å². The van der Waals surface area contributed by atoms with Crippen molar-refractivity contribution in [2.45, 2.75) is 32.4 Å². The fourth-order valence-electron chi connectivity index (χ4n) is 3.28. The summed E-state index contributed by atoms with van der Waals surface area (Å²) < 4.78 is 1.76. The first-order valence-corrected chi connectivity index (χ1v) is 7.94. The molecular weight excluding hydrogens is 288 g/mol. The van der Waals surface area contributed by atoms with E-state index in [-0.39, 0.29) is 11.4 Å². The van der Waals surface area contributed by atoms with Gasteiger partial charge in [0, 0.05) is 43.6 Å². The highest BCUT2D eigenvalue weighted by atomic mass is 16.2. The second-order valence-corrected chi connectivity index (χ2v) is 6.98. The molecule has 1 aromatic carbocycles. The van der Waals surface area contributed by atoms with Crippen molar-refractivity contribution in [3.8, 4) is 0 Å². The smallest absolute Gasteiger partial charge is 0.242 e. The number of carbonyl (C=O) groups is 1. The third kappa shape index (κ3) is 3.09. The Morgan fingerprint density at radius 3 is 2.78 bits per heavy atom. The van der Waals surface area contributed by atoms with Crippen LogP contribution in [0.1, 0.15) is 25.0 Å². The molecule has 0 saturated carbocycles. The fraction of sp³-hybridized carbons (Fsp3) is 0.444. The lowest BCUT2D eigenvalue weighted by atomic mass is 9.99. The van der Waals surface area contributed by atoms with E-state index in [1.54, 1.807) is 15.8 Å². The van der Waals surface area contributed by atoms with Gasteiger partial charge in [0.25, 0.3) is 0 Å². The van der Waals surface area contributed by atoms with Crippen molar-refractivity contribution in [3.63, 3.8) is 0 Å². The van der Waals surface area contributed by atoms with Gasteiger partial charge >= 0.3 is 0 Å². The first kappa shape index (κ1) is 15.6. The average Bonchev–Trinajstić information content (AvgIpc) is 3.00. The largest absolute Gasteiger partial charge is 0.357 e. The molecule has 0 spiro atoms. The molecule has 0 radical (unpaired) electrons. The molecule has 5 heteroatoms. The number of rotatable bonds is 4. The summed E-state index contributed by atoms with van der Waals surface area (Å²) in [5, 5.41) is 4.15. The molecule has 2 heterocycles. The van der Waals surface area contributed by atoms with Crippen LogP contribution in [-0.4, -0.2) is 39.7 Å². The van der Waals surface area contributed by atoms with E-state index in [9.17, 15) is 4.79 Å². The number of hydrogen-bond acceptors (Lipinski definition) is 3. The number of para-hydroxylation sites is 1. The third-order valence-corrected chi connectivity index (χ3v) is 4.53. The van der Waals surface area contributed by atoms with Gasteiger partial charge in [-0.15, -0.1) is 0 Å². The molecule has 1 amide bonds. The highest BCUT2D eigenvalue weighted by Crippen LogP contribution is 2.38. The lowest BCUT2D eigenvalue weighted by molar-refractivity contribution is -0.129. The molecule has 0 fully saturated rings. The van der Waals surface area contributed by atoms with Gasteiger partial charge in [-0.1, -0.05) is 18.2 Å². The molecule has 2 aromatic rings. The molecule has 0 saturated heterocycles. The summed E-state index contributed by atoms with van der Waals surface area (Å²) in [4.78, 5) is 16.7. The number of nitrogens with zero attached hydrogens (tertiary/aromatic N) is 4. The quantitative estimate of drug-likeness (QED) is 0.869. The van der Waals surface area contributed by atoms with Crippen molar-refractivity contribution in [1.29, 1.82) is 0 Å². The van der Waals surface area contributed by atoms with Crippen LogP contribution in [0.2, 0.25) is 0 Å². The molecule has 0 N–H and O–H groups in total. The fourth-order valence-corrected chi connectivity index (χ4v) is 3.28. The summed E-state index contributed by atoms with van der Waals surface area (Å²) in [6, 6.07) is 8.37. The van der Waals surface area contributed by atoms with Crippen LogP contribution in [0.5, 0.6) is 0 Å². The molecule has 1 aromatic heterocycles. The van der Waals surface area contributed by atoms with Gasteiger partial charge in [0.05, 0.1) is 12.7 Å². The molecule has 0 aliphatic carbocycles. The van der Waals surface area contributed by atoms with Crippen LogP contribution >= 0.6 is 0 Å². The molecule has 5 nitrogen and oxygen atoms in total. The highest BCUT2D eigenvalue weighted by molar-refractivity contribution is 5.83. The lowest BCUT2D eigenvalue weighted by Gasteiger charge is -2.34. The number of carbonyl (C=O) groups excluding carboxylic acids is 1. The van der Waals surface area contributed by atoms with Crippen LogP contribution in [0.4, 0.5) is 5.69 Å². The van der Waals surface area contributed by atoms with Crippen LogP contribution in [-0.2, 0) is 24.8 Å². The standard InChI is InChI=1S/C18H24N4O/c1-18(2)9-15-7-5-6-8-16(15)22(18)13-17(23)20(3)11-14-10-19-21(4)12-14/h5-8,10,12H,9,11,13H2,1-4H3. The maximum atomic E-state index is 12.7. The number of likely N-dealkylation sites (N-methyl/N-ethyl adjacent to an activating group) is 1. The summed E-state index contributed by atoms with van der Waals surface area (Å²) in [6.45, 7) is 5.38. The summed E-state index contributed by atoms with van der Waals surface area (Å²) in [5.74, 6) is 0.124. The summed E-state index contributed by atoms with van der Waals surface area (Å²) in [5.41, 5.74) is 3.51. The Morgan fingerprint density at radius 1 is 1.35 bits per heavy atom. The topological polar surface area (TPSA) is 41.4 Å². The predicted octanol–water partition coefficient (Wildman–Crippen LogP) is 2.22. The Kier molecular flexibility index (Phi) is 3.88. The minimum absolute atomic E-state index is 0.0332. The number of aryl methyl sites for hydroxylation is 1. The molecule has 0 atom stereocenters. The first-order valence-electron chi connectivity index (χ1n) is 7.94. The van der Waals surface area contributed by atoms with Crippen LogP contribution in [0.25, 0.3) is 0 Å². The van der Waals surface area contributed by atoms with E-state index in [4.69, 9.17) is 0 Å². The normalized spacial score (nSPS) is 15.6. The number of aromatic nitrogens is 2. The number of amides is 1. The van der Waals surface area contributed by atoms with E-state index in [2.05, 4.69) is 42.0 Å². The maximum Gasteiger partial charge on any atom is 0.242 e. The van der Waals surface area contributed by atoms with E-state index in [0.29, 0.717) is 13.1 Å². The zero-order chi connectivity index (χ0) is 16.6. The van der Waals surface area contributed by atoms with Gasteiger partial charge in [0.2, 0.25) is 5.91 Å². The Hall–Kier alpha value is -2.30. The van der Waals surface area contributed by atoms with Gasteiger partial charge in [0.15, 0.2) is 0 Å². The van der Waals surface area contributed by atoms with Crippen molar-refractivity contribution in [2.75, 3.05) is 18.5 Å². The molecule has 1 aliphatic rings. The van der Waals surface area contributed by atoms with E-state index in [1.165, 1.54) is 11.3 Å². The van der Waals surface area contributed by atoms with Crippen molar-refractivity contribution < 1.29 is 4.79 Å². The lowest BCUT2D eigenvalue weighted by Crippen LogP contribution is -2.47. The van der Waals surface area contributed by atoms with Crippen LogP contribution in [0, 0.1) is 0 Å². The number of benzene rings is 1. The van der Waals surface area contributed by atoms with Gasteiger partial charge in [-0.25, -0.2) is 0 Å². The molecule has 1 aliphatic heterocycles. The number of anilines is 1. The Balaban J connectivity index is 1.71. The number of fused-ring (bicyclic) bond motifs is 1. The van der Waals surface area contributed by atoms with E-state index < -0.39 is 0 Å². The SMILES string of the molecule is CN(Cc1cnn(C)c1)C(=O)CN1c2ccccc2CC1(C)C. The second kappa shape index (κ2) is 5.72. The second-order valence-electron chi connectivity index (χ2n) is 6.98. The van der Waals surface area contributed by atoms with E-state index in [1.807, 2.05) is 26.4 Å². The van der Waals surface area contributed by atoms with Gasteiger partial charge in [-0.2, -0.15) is 5.10 Å².